The Balaban J connectivity index is 0.00000612. The Kier molecular flexibility index (Phi) is 12.5. The molecule has 0 radical (unpaired) electrons. The molecule has 0 amide bonds. The molecule has 6 nitrogen and oxygen atoms in total. The number of aryl methyl sites for hydroxylation is 3. The molecule has 0 spiro atoms. The molecule has 0 saturated heterocycles. The molecule has 0 unspecified atom stereocenters. The maximum Gasteiger partial charge on any atom is 2.00 e. The number of fused-ring (bicyclic) bond motifs is 2. The fraction of sp³-hybridized carbons (Fsp3) is 0.386. The van der Waals surface area contributed by atoms with Crippen LogP contribution < -0.4 is 14.5 Å². The van der Waals surface area contributed by atoms with Gasteiger partial charge in [-0.3, -0.25) is 4.98 Å². The van der Waals surface area contributed by atoms with E-state index in [2.05, 4.69) is 186 Å². The number of hydrogen-bond donors (Lipinski definition) is 0. The number of hydrogen-bond acceptors (Lipinski definition) is 6. The van der Waals surface area contributed by atoms with E-state index in [1.807, 2.05) is 42.7 Å². The minimum atomic E-state index is -0.443. The molecule has 2 aliphatic heterocycles. The van der Waals surface area contributed by atoms with Crippen molar-refractivity contribution in [2.45, 2.75) is 126 Å². The van der Waals surface area contributed by atoms with Gasteiger partial charge in [0, 0.05) is 35.3 Å². The van der Waals surface area contributed by atoms with Crippen LogP contribution in [0.2, 0.25) is 0 Å². The normalized spacial score (nSPS) is 17.6. The zero-order valence-electron chi connectivity index (χ0n) is 40.5. The van der Waals surface area contributed by atoms with Crippen molar-refractivity contribution in [3.63, 3.8) is 0 Å². The van der Waals surface area contributed by atoms with E-state index in [1.165, 1.54) is 33.5 Å². The van der Waals surface area contributed by atoms with Gasteiger partial charge >= 0.3 is 21.1 Å². The van der Waals surface area contributed by atoms with Crippen LogP contribution in [-0.4, -0.2) is 26.9 Å². The molecule has 0 N–H and O–H groups in total. The molecule has 4 aromatic carbocycles. The predicted molar refractivity (Wildman–Crippen MR) is 262 cm³/mol. The molecule has 8 rings (SSSR count). The molecule has 0 fully saturated rings. The summed E-state index contributed by atoms with van der Waals surface area (Å²) < 4.78 is 7.00. The first-order valence-corrected chi connectivity index (χ1v) is 22.7. The quantitative estimate of drug-likeness (QED) is 0.135. The van der Waals surface area contributed by atoms with Gasteiger partial charge in [0.2, 0.25) is 0 Å². The minimum absolute atomic E-state index is 0. The van der Waals surface area contributed by atoms with Gasteiger partial charge in [0.05, 0.1) is 22.6 Å². The summed E-state index contributed by atoms with van der Waals surface area (Å²) in [6.45, 7) is 34.4. The van der Waals surface area contributed by atoms with E-state index in [0.29, 0.717) is 29.3 Å². The van der Waals surface area contributed by atoms with Crippen molar-refractivity contribution in [2.75, 3.05) is 9.80 Å². The number of amidine groups is 1. The van der Waals surface area contributed by atoms with Crippen molar-refractivity contribution in [3.05, 3.63) is 154 Å². The van der Waals surface area contributed by atoms with Crippen LogP contribution in [0.5, 0.6) is 11.5 Å². The first kappa shape index (κ1) is 46.9. The Labute approximate surface area is 397 Å². The van der Waals surface area contributed by atoms with Gasteiger partial charge < -0.3 is 19.5 Å². The summed E-state index contributed by atoms with van der Waals surface area (Å²) in [6.07, 6.45) is 3.76. The second-order valence-corrected chi connectivity index (χ2v) is 20.9. The first-order chi connectivity index (χ1) is 29.6. The molecule has 0 aliphatic carbocycles. The molecular weight excluding hydrogens is 966 g/mol. The van der Waals surface area contributed by atoms with Gasteiger partial charge in [0.25, 0.3) is 0 Å². The molecule has 0 saturated carbocycles. The first-order valence-electron chi connectivity index (χ1n) is 22.7. The van der Waals surface area contributed by atoms with Gasteiger partial charge in [-0.2, -0.15) is 6.07 Å². The third-order valence-corrected chi connectivity index (χ3v) is 14.0. The van der Waals surface area contributed by atoms with Crippen LogP contribution in [0, 0.1) is 50.7 Å². The Hall–Kier alpha value is -5.06. The molecule has 334 valence electrons. The smallest absolute Gasteiger partial charge is 0.503 e. The van der Waals surface area contributed by atoms with E-state index in [4.69, 9.17) is 19.7 Å². The van der Waals surface area contributed by atoms with Crippen LogP contribution in [0.1, 0.15) is 122 Å². The largest absolute Gasteiger partial charge is 2.00 e. The van der Waals surface area contributed by atoms with Gasteiger partial charge in [-0.15, -0.1) is 29.3 Å². The minimum Gasteiger partial charge on any atom is -0.503 e. The molecule has 4 heterocycles. The molecule has 7 heteroatoms. The molecule has 6 aromatic rings. The standard InChI is InChI=1S/C57H65N5O.Pt/c1-35(2)51(36(3)4)57(15)56(13,14)62(52-38(6)28-37(5)29-39(52)7)53(60-57)41-30-40(47-21-18-19-26-58-47)31-44(32-41)63-43-23-24-46-49(34-43)61(48-22-17-16-20-45(48)55(46,11)12)50-33-42(25-27-59-50)54(8,9)10;/h16-31,33,35-36,51H,1-15H3;/q-2;+2/t57-;/m1./s1. The van der Waals surface area contributed by atoms with Crippen molar-refractivity contribution < 1.29 is 25.8 Å². The van der Waals surface area contributed by atoms with E-state index in [1.54, 1.807) is 0 Å². The second-order valence-electron chi connectivity index (χ2n) is 20.9. The maximum atomic E-state index is 7.00. The third-order valence-electron chi connectivity index (χ3n) is 14.0. The number of aromatic nitrogens is 2. The second kappa shape index (κ2) is 17.1. The summed E-state index contributed by atoms with van der Waals surface area (Å²) in [5.74, 6) is 3.99. The zero-order chi connectivity index (χ0) is 45.4. The average Bonchev–Trinajstić information content (AvgIpc) is 3.41. The Bertz CT molecular complexity index is 2700. The Morgan fingerprint density at radius 3 is 2.00 bits per heavy atom. The predicted octanol–water partition coefficient (Wildman–Crippen LogP) is 14.6. The zero-order valence-corrected chi connectivity index (χ0v) is 42.8. The van der Waals surface area contributed by atoms with Crippen molar-refractivity contribution in [2.24, 2.45) is 22.7 Å². The van der Waals surface area contributed by atoms with Gasteiger partial charge in [0.1, 0.15) is 5.82 Å². The Morgan fingerprint density at radius 1 is 0.688 bits per heavy atom. The third kappa shape index (κ3) is 8.03. The van der Waals surface area contributed by atoms with Gasteiger partial charge in [-0.05, 0) is 123 Å². The van der Waals surface area contributed by atoms with Crippen LogP contribution in [-0.2, 0) is 31.9 Å². The summed E-state index contributed by atoms with van der Waals surface area (Å²) in [5.41, 5.74) is 11.9. The number of pyridine rings is 2. The van der Waals surface area contributed by atoms with E-state index in [9.17, 15) is 0 Å². The number of aliphatic imine (C=N–C) groups is 1. The molecular formula is C57H65N5OPt. The topological polar surface area (TPSA) is 53.9 Å². The average molecular weight is 1030 g/mol. The fourth-order valence-electron chi connectivity index (χ4n) is 11.0. The number of para-hydroxylation sites is 1. The monoisotopic (exact) mass is 1030 g/mol. The molecule has 1 atom stereocenters. The van der Waals surface area contributed by atoms with Crippen LogP contribution >= 0.6 is 0 Å². The van der Waals surface area contributed by atoms with E-state index in [0.717, 1.165) is 45.4 Å². The van der Waals surface area contributed by atoms with Crippen LogP contribution in [0.25, 0.3) is 11.3 Å². The van der Waals surface area contributed by atoms with Gasteiger partial charge in [-0.1, -0.05) is 128 Å². The summed E-state index contributed by atoms with van der Waals surface area (Å²) in [6, 6.07) is 39.6. The van der Waals surface area contributed by atoms with Crippen molar-refractivity contribution in [1.29, 1.82) is 0 Å². The number of benzene rings is 4. The summed E-state index contributed by atoms with van der Waals surface area (Å²) in [5, 5.41) is 0. The molecule has 64 heavy (non-hydrogen) atoms. The summed E-state index contributed by atoms with van der Waals surface area (Å²) in [7, 11) is 0. The maximum absolute atomic E-state index is 7.00. The van der Waals surface area contributed by atoms with Gasteiger partial charge in [0.15, 0.2) is 0 Å². The van der Waals surface area contributed by atoms with E-state index in [-0.39, 0.29) is 31.9 Å². The van der Waals surface area contributed by atoms with Crippen molar-refractivity contribution in [3.8, 4) is 22.8 Å². The van der Waals surface area contributed by atoms with Gasteiger partial charge in [-0.25, -0.2) is 4.98 Å². The number of nitrogens with zero attached hydrogens (tertiary/aromatic N) is 5. The molecule has 0 bridgehead atoms. The number of rotatable bonds is 9. The van der Waals surface area contributed by atoms with Crippen LogP contribution in [0.4, 0.5) is 22.9 Å². The number of anilines is 4. The number of ether oxygens (including phenoxy) is 1. The van der Waals surface area contributed by atoms with Crippen molar-refractivity contribution in [1.82, 2.24) is 9.97 Å². The Morgan fingerprint density at radius 2 is 1.36 bits per heavy atom. The fourth-order valence-corrected chi connectivity index (χ4v) is 11.0. The van der Waals surface area contributed by atoms with Crippen LogP contribution in [0.15, 0.2) is 108 Å². The van der Waals surface area contributed by atoms with Crippen LogP contribution in [0.3, 0.4) is 0 Å². The molecule has 2 aliphatic rings. The molecule has 2 aromatic heterocycles. The van der Waals surface area contributed by atoms with E-state index < -0.39 is 11.1 Å². The summed E-state index contributed by atoms with van der Waals surface area (Å²) >= 11 is 0. The summed E-state index contributed by atoms with van der Waals surface area (Å²) in [4.78, 5) is 20.5. The SMILES string of the molecule is Cc1cc(C)c(N2C(c3[c-]c(Oc4[c-]c5c(cc4)C(C)(C)c4ccccc4N5c4cc(C(C)(C)C)ccn4)cc(-c4ccccn4)c3)=N[C@](C)(C(C(C)C)C(C)C)C2(C)C)c(C)c1.[Pt+2]. The van der Waals surface area contributed by atoms with Crippen molar-refractivity contribution >= 4 is 28.7 Å². The van der Waals surface area contributed by atoms with E-state index >= 15 is 0 Å².